The van der Waals surface area contributed by atoms with Gasteiger partial charge in [0, 0.05) is 59.5 Å². The molecule has 1 aromatic heterocycles. The summed E-state index contributed by atoms with van der Waals surface area (Å²) in [6.45, 7) is 9.27. The first-order valence-corrected chi connectivity index (χ1v) is 11.6. The van der Waals surface area contributed by atoms with Crippen molar-refractivity contribution in [2.24, 2.45) is 0 Å². The minimum absolute atomic E-state index is 0.106. The van der Waals surface area contributed by atoms with Crippen LogP contribution in [0.2, 0.25) is 0 Å². The van der Waals surface area contributed by atoms with Crippen molar-refractivity contribution in [3.63, 3.8) is 0 Å². The number of anilines is 1. The van der Waals surface area contributed by atoms with Crippen LogP contribution in [0.3, 0.4) is 0 Å². The lowest BCUT2D eigenvalue weighted by atomic mass is 9.97. The second-order valence-electron chi connectivity index (χ2n) is 9.02. The predicted molar refractivity (Wildman–Crippen MR) is 133 cm³/mol. The Labute approximate surface area is 190 Å². The Morgan fingerprint density at radius 3 is 2.59 bits per heavy atom. The van der Waals surface area contributed by atoms with Crippen LogP contribution in [0.4, 0.5) is 5.69 Å². The highest BCUT2D eigenvalue weighted by atomic mass is 16.1. The fourth-order valence-corrected chi connectivity index (χ4v) is 5.17. The Kier molecular flexibility index (Phi) is 5.34. The smallest absolute Gasteiger partial charge is 0.193 e. The molecule has 1 fully saturated rings. The summed E-state index contributed by atoms with van der Waals surface area (Å²) in [5.41, 5.74) is 7.65. The van der Waals surface area contributed by atoms with Gasteiger partial charge in [-0.1, -0.05) is 42.5 Å². The maximum Gasteiger partial charge on any atom is 0.193 e. The van der Waals surface area contributed by atoms with Crippen molar-refractivity contribution in [1.82, 2.24) is 4.57 Å². The number of aromatic nitrogens is 1. The van der Waals surface area contributed by atoms with Gasteiger partial charge < -0.3 is 9.47 Å². The van der Waals surface area contributed by atoms with Crippen LogP contribution in [0.1, 0.15) is 51.9 Å². The van der Waals surface area contributed by atoms with Gasteiger partial charge in [-0.15, -0.1) is 0 Å². The summed E-state index contributed by atoms with van der Waals surface area (Å²) < 4.78 is 2.36. The van der Waals surface area contributed by atoms with Gasteiger partial charge in [0.2, 0.25) is 0 Å². The number of ketones is 1. The highest BCUT2D eigenvalue weighted by Crippen LogP contribution is 2.36. The van der Waals surface area contributed by atoms with E-state index in [9.17, 15) is 4.79 Å². The maximum atomic E-state index is 13.2. The van der Waals surface area contributed by atoms with E-state index in [1.54, 1.807) is 0 Å². The van der Waals surface area contributed by atoms with Gasteiger partial charge in [-0.05, 0) is 68.1 Å². The van der Waals surface area contributed by atoms with E-state index < -0.39 is 0 Å². The number of fused-ring (bicyclic) bond motifs is 1. The third-order valence-corrected chi connectivity index (χ3v) is 6.87. The number of carbonyl (C=O) groups excluding carboxylic acids is 1. The molecule has 4 aromatic rings. The van der Waals surface area contributed by atoms with Gasteiger partial charge in [-0.25, -0.2) is 0 Å². The largest absolute Gasteiger partial charge is 0.371 e. The van der Waals surface area contributed by atoms with Gasteiger partial charge in [0.1, 0.15) is 0 Å². The number of aryl methyl sites for hydroxylation is 3. The third-order valence-electron chi connectivity index (χ3n) is 6.87. The molecule has 32 heavy (non-hydrogen) atoms. The molecule has 1 aliphatic heterocycles. The molecule has 0 saturated carbocycles. The molecule has 3 heteroatoms. The molecule has 0 amide bonds. The fraction of sp³-hybridized carbons (Fsp3) is 0.276. The minimum Gasteiger partial charge on any atom is -0.371 e. The number of rotatable bonds is 5. The zero-order chi connectivity index (χ0) is 22.2. The Hall–Kier alpha value is -3.33. The van der Waals surface area contributed by atoms with Gasteiger partial charge >= 0.3 is 0 Å². The average molecular weight is 423 g/mol. The van der Waals surface area contributed by atoms with Crippen LogP contribution in [-0.4, -0.2) is 23.4 Å². The molecule has 0 spiro atoms. The molecule has 0 aliphatic carbocycles. The lowest BCUT2D eigenvalue weighted by Crippen LogP contribution is -2.20. The first-order valence-electron chi connectivity index (χ1n) is 11.6. The van der Waals surface area contributed by atoms with Crippen molar-refractivity contribution in [2.45, 2.75) is 39.7 Å². The van der Waals surface area contributed by atoms with Crippen molar-refractivity contribution in [1.29, 1.82) is 0 Å². The van der Waals surface area contributed by atoms with Crippen LogP contribution in [0.15, 0.2) is 72.9 Å². The van der Waals surface area contributed by atoms with E-state index in [2.05, 4.69) is 65.9 Å². The molecule has 0 bridgehead atoms. The quantitative estimate of drug-likeness (QED) is 0.343. The molecule has 1 atom stereocenters. The summed E-state index contributed by atoms with van der Waals surface area (Å²) in [5.74, 6) is 0.610. The molecule has 1 saturated heterocycles. The van der Waals surface area contributed by atoms with Crippen molar-refractivity contribution in [3.8, 4) is 0 Å². The standard InChI is InChI=1S/C29H30N2O/c1-4-30-19-27(26-11-7-8-12-28(26)30)22-13-14-31(18-22)24-16-20(2)15-23(17-24)29(32)25-10-6-5-9-21(25)3/h5-12,15-17,19,22H,4,13-14,18H2,1-3H3. The van der Waals surface area contributed by atoms with E-state index in [0.717, 1.165) is 54.0 Å². The molecule has 5 rings (SSSR count). The number of benzene rings is 3. The van der Waals surface area contributed by atoms with E-state index in [0.29, 0.717) is 5.92 Å². The molecular formula is C29H30N2O. The second-order valence-corrected chi connectivity index (χ2v) is 9.02. The van der Waals surface area contributed by atoms with Crippen LogP contribution in [0, 0.1) is 13.8 Å². The molecule has 0 N–H and O–H groups in total. The topological polar surface area (TPSA) is 25.2 Å². The molecular weight excluding hydrogens is 392 g/mol. The zero-order valence-electron chi connectivity index (χ0n) is 19.1. The number of hydrogen-bond acceptors (Lipinski definition) is 2. The summed E-state index contributed by atoms with van der Waals surface area (Å²) in [6.07, 6.45) is 3.48. The second kappa shape index (κ2) is 8.31. The Morgan fingerprint density at radius 1 is 1.00 bits per heavy atom. The number of carbonyl (C=O) groups is 1. The van der Waals surface area contributed by atoms with Gasteiger partial charge in [-0.3, -0.25) is 4.79 Å². The highest BCUT2D eigenvalue weighted by molar-refractivity contribution is 6.10. The summed E-state index contributed by atoms with van der Waals surface area (Å²) in [7, 11) is 0. The molecule has 0 radical (unpaired) electrons. The summed E-state index contributed by atoms with van der Waals surface area (Å²) >= 11 is 0. The summed E-state index contributed by atoms with van der Waals surface area (Å²) in [5, 5.41) is 1.38. The molecule has 162 valence electrons. The van der Waals surface area contributed by atoms with Crippen molar-refractivity contribution in [3.05, 3.63) is 101 Å². The van der Waals surface area contributed by atoms with Gasteiger partial charge in [-0.2, -0.15) is 0 Å². The Balaban J connectivity index is 1.44. The predicted octanol–water partition coefficient (Wildman–Crippen LogP) is 6.50. The van der Waals surface area contributed by atoms with E-state index in [1.165, 1.54) is 16.5 Å². The molecule has 1 unspecified atom stereocenters. The summed E-state index contributed by atoms with van der Waals surface area (Å²) in [6, 6.07) is 22.9. The van der Waals surface area contributed by atoms with E-state index in [4.69, 9.17) is 0 Å². The monoisotopic (exact) mass is 422 g/mol. The SMILES string of the molecule is CCn1cc(C2CCN(c3cc(C)cc(C(=O)c4ccccc4C)c3)C2)c2ccccc21. The van der Waals surface area contributed by atoms with Crippen LogP contribution < -0.4 is 4.90 Å². The summed E-state index contributed by atoms with van der Waals surface area (Å²) in [4.78, 5) is 15.7. The first-order chi connectivity index (χ1) is 15.5. The Morgan fingerprint density at radius 2 is 1.78 bits per heavy atom. The molecule has 1 aliphatic rings. The highest BCUT2D eigenvalue weighted by Gasteiger charge is 2.27. The van der Waals surface area contributed by atoms with Gasteiger partial charge in [0.15, 0.2) is 5.78 Å². The fourth-order valence-electron chi connectivity index (χ4n) is 5.17. The van der Waals surface area contributed by atoms with Crippen molar-refractivity contribution < 1.29 is 4.79 Å². The van der Waals surface area contributed by atoms with Gasteiger partial charge in [0.25, 0.3) is 0 Å². The van der Waals surface area contributed by atoms with E-state index in [1.807, 2.05) is 37.3 Å². The number of hydrogen-bond donors (Lipinski definition) is 0. The average Bonchev–Trinajstić information content (AvgIpc) is 3.43. The van der Waals surface area contributed by atoms with Crippen LogP contribution >= 0.6 is 0 Å². The van der Waals surface area contributed by atoms with Crippen LogP contribution in [0.25, 0.3) is 10.9 Å². The third kappa shape index (κ3) is 3.62. The molecule has 2 heterocycles. The lowest BCUT2D eigenvalue weighted by Gasteiger charge is -2.20. The zero-order valence-corrected chi connectivity index (χ0v) is 19.1. The van der Waals surface area contributed by atoms with E-state index >= 15 is 0 Å². The van der Waals surface area contributed by atoms with Crippen molar-refractivity contribution in [2.75, 3.05) is 18.0 Å². The van der Waals surface area contributed by atoms with Crippen LogP contribution in [-0.2, 0) is 6.54 Å². The Bertz CT molecular complexity index is 1300. The van der Waals surface area contributed by atoms with Crippen molar-refractivity contribution >= 4 is 22.4 Å². The lowest BCUT2D eigenvalue weighted by molar-refractivity contribution is 0.103. The molecule has 3 nitrogen and oxygen atoms in total. The number of nitrogens with zero attached hydrogens (tertiary/aromatic N) is 2. The molecule has 3 aromatic carbocycles. The minimum atomic E-state index is 0.106. The normalized spacial score (nSPS) is 16.1. The van der Waals surface area contributed by atoms with Gasteiger partial charge in [0.05, 0.1) is 0 Å². The first kappa shape index (κ1) is 20.6. The maximum absolute atomic E-state index is 13.2. The van der Waals surface area contributed by atoms with E-state index in [-0.39, 0.29) is 5.78 Å². The number of para-hydroxylation sites is 1. The van der Waals surface area contributed by atoms with Crippen LogP contribution in [0.5, 0.6) is 0 Å².